The van der Waals surface area contributed by atoms with Crippen LogP contribution in [0.5, 0.6) is 0 Å². The molecule has 0 unspecified atom stereocenters. The second-order valence-electron chi connectivity index (χ2n) is 7.12. The number of aryl methyl sites for hydroxylation is 2. The van der Waals surface area contributed by atoms with Gasteiger partial charge in [0, 0.05) is 28.9 Å². The summed E-state index contributed by atoms with van der Waals surface area (Å²) in [4.78, 5) is 17.3. The second-order valence-corrected chi connectivity index (χ2v) is 8.11. The van der Waals surface area contributed by atoms with E-state index in [1.165, 1.54) is 5.56 Å². The van der Waals surface area contributed by atoms with Crippen molar-refractivity contribution in [1.82, 2.24) is 9.55 Å². The highest BCUT2D eigenvalue weighted by atomic mass is 35.5. The molecule has 1 atom stereocenters. The van der Waals surface area contributed by atoms with Crippen LogP contribution in [0.15, 0.2) is 42.5 Å². The van der Waals surface area contributed by atoms with Gasteiger partial charge in [0.05, 0.1) is 17.1 Å². The quantitative estimate of drug-likeness (QED) is 0.486. The Morgan fingerprint density at radius 3 is 2.76 bits per heavy atom. The zero-order chi connectivity index (χ0) is 19.8. The normalized spacial score (nSPS) is 12.3. The first-order valence-corrected chi connectivity index (χ1v) is 10.7. The van der Waals surface area contributed by atoms with E-state index in [9.17, 15) is 4.79 Å². The summed E-state index contributed by atoms with van der Waals surface area (Å²) in [6.45, 7) is 2.13. The van der Waals surface area contributed by atoms with Crippen molar-refractivity contribution in [1.29, 1.82) is 0 Å². The van der Waals surface area contributed by atoms with Crippen LogP contribution in [-0.2, 0) is 11.8 Å². The van der Waals surface area contributed by atoms with Crippen LogP contribution in [0.3, 0.4) is 0 Å². The van der Waals surface area contributed by atoms with Crippen molar-refractivity contribution in [3.8, 4) is 0 Å². The van der Waals surface area contributed by atoms with Gasteiger partial charge in [-0.25, -0.2) is 4.98 Å². The van der Waals surface area contributed by atoms with Gasteiger partial charge >= 0.3 is 0 Å². The highest BCUT2D eigenvalue weighted by Gasteiger charge is 2.17. The Morgan fingerprint density at radius 2 is 2.00 bits per heavy atom. The molecule has 5 nitrogen and oxygen atoms in total. The minimum Gasteiger partial charge on any atom is -0.328 e. The average molecular weight is 429 g/mol. The number of carbonyl (C=O) groups excluding carboxylic acids is 1. The zero-order valence-electron chi connectivity index (χ0n) is 16.7. The van der Waals surface area contributed by atoms with Crippen molar-refractivity contribution in [2.45, 2.75) is 19.4 Å². The van der Waals surface area contributed by atoms with Crippen molar-refractivity contribution in [2.75, 3.05) is 17.3 Å². The molecular weight excluding hydrogens is 404 g/mol. The number of benzene rings is 2. The standard InChI is InChI=1S/C22H24N4OS.ClH/c1-13-15-6-4-5-7-18(15)25-21-20(13)16-12-14(8-9-19(16)26(21)2)24-22(27)17(23)10-11-28-3;/h4-9,12,17H,10-11,23H2,1-3H3,(H,24,27);1H/t17-;/m0./s1. The SMILES string of the molecule is CSCC[C@H](N)C(=O)Nc1ccc2c(c1)c1c(C)c3ccccc3nc1n2C.Cl. The highest BCUT2D eigenvalue weighted by molar-refractivity contribution is 7.98. The highest BCUT2D eigenvalue weighted by Crippen LogP contribution is 2.34. The van der Waals surface area contributed by atoms with Crippen LogP contribution in [0, 0.1) is 6.92 Å². The minimum absolute atomic E-state index is 0. The predicted octanol–water partition coefficient (Wildman–Crippen LogP) is 4.63. The molecular formula is C22H25ClN4OS. The lowest BCUT2D eigenvalue weighted by Gasteiger charge is -2.12. The minimum atomic E-state index is -0.497. The molecule has 0 saturated heterocycles. The number of anilines is 1. The third-order valence-electron chi connectivity index (χ3n) is 5.32. The largest absolute Gasteiger partial charge is 0.328 e. The molecule has 0 aliphatic rings. The van der Waals surface area contributed by atoms with Gasteiger partial charge in [-0.15, -0.1) is 12.4 Å². The number of carbonyl (C=O) groups is 1. The number of nitrogens with zero attached hydrogens (tertiary/aromatic N) is 2. The van der Waals surface area contributed by atoms with Crippen LogP contribution < -0.4 is 11.1 Å². The summed E-state index contributed by atoms with van der Waals surface area (Å²) in [6.07, 6.45) is 2.68. The molecule has 2 aromatic carbocycles. The van der Waals surface area contributed by atoms with Crippen LogP contribution in [0.2, 0.25) is 0 Å². The van der Waals surface area contributed by atoms with Gasteiger partial charge in [-0.1, -0.05) is 18.2 Å². The van der Waals surface area contributed by atoms with Gasteiger partial charge in [0.15, 0.2) is 0 Å². The van der Waals surface area contributed by atoms with E-state index in [4.69, 9.17) is 10.7 Å². The molecule has 0 saturated carbocycles. The first kappa shape index (κ1) is 21.4. The number of rotatable bonds is 5. The molecule has 0 spiro atoms. The third-order valence-corrected chi connectivity index (χ3v) is 5.96. The first-order chi connectivity index (χ1) is 13.5. The average Bonchev–Trinajstić information content (AvgIpc) is 2.98. The van der Waals surface area contributed by atoms with Crippen LogP contribution in [-0.4, -0.2) is 33.5 Å². The topological polar surface area (TPSA) is 72.9 Å². The molecule has 0 aliphatic heterocycles. The van der Waals surface area contributed by atoms with Crippen molar-refractivity contribution in [3.05, 3.63) is 48.0 Å². The smallest absolute Gasteiger partial charge is 0.241 e. The van der Waals surface area contributed by atoms with Crippen molar-refractivity contribution >= 4 is 68.6 Å². The maximum absolute atomic E-state index is 12.4. The number of hydrogen-bond donors (Lipinski definition) is 2. The summed E-state index contributed by atoms with van der Waals surface area (Å²) in [5.41, 5.74) is 11.0. The molecule has 0 radical (unpaired) electrons. The Balaban J connectivity index is 0.00000240. The molecule has 7 heteroatoms. The molecule has 2 heterocycles. The van der Waals surface area contributed by atoms with E-state index in [0.29, 0.717) is 6.42 Å². The lowest BCUT2D eigenvalue weighted by atomic mass is 10.0. The van der Waals surface area contributed by atoms with E-state index in [0.717, 1.165) is 44.3 Å². The van der Waals surface area contributed by atoms with E-state index in [-0.39, 0.29) is 18.3 Å². The number of pyridine rings is 1. The Hall–Kier alpha value is -2.28. The fourth-order valence-corrected chi connectivity index (χ4v) is 4.25. The zero-order valence-corrected chi connectivity index (χ0v) is 18.4. The number of halogens is 1. The molecule has 0 bridgehead atoms. The van der Waals surface area contributed by atoms with E-state index >= 15 is 0 Å². The molecule has 152 valence electrons. The Bertz CT molecular complexity index is 1200. The summed E-state index contributed by atoms with van der Waals surface area (Å²) in [6, 6.07) is 13.7. The molecule has 4 aromatic rings. The van der Waals surface area contributed by atoms with Gasteiger partial charge in [0.25, 0.3) is 0 Å². The van der Waals surface area contributed by atoms with Crippen LogP contribution in [0.25, 0.3) is 32.8 Å². The van der Waals surface area contributed by atoms with Gasteiger partial charge in [0.1, 0.15) is 5.65 Å². The van der Waals surface area contributed by atoms with Gasteiger partial charge in [-0.2, -0.15) is 11.8 Å². The van der Waals surface area contributed by atoms with Crippen LogP contribution in [0.4, 0.5) is 5.69 Å². The van der Waals surface area contributed by atoms with Gasteiger partial charge in [0.2, 0.25) is 5.91 Å². The number of aromatic nitrogens is 2. The van der Waals surface area contributed by atoms with E-state index in [1.54, 1.807) is 11.8 Å². The summed E-state index contributed by atoms with van der Waals surface area (Å²) in [5, 5.41) is 6.33. The van der Waals surface area contributed by atoms with Crippen LogP contribution >= 0.6 is 24.2 Å². The maximum Gasteiger partial charge on any atom is 0.241 e. The number of nitrogens with two attached hydrogens (primary N) is 1. The molecule has 1 amide bonds. The molecule has 4 rings (SSSR count). The van der Waals surface area contributed by atoms with Crippen LogP contribution in [0.1, 0.15) is 12.0 Å². The number of thioether (sulfide) groups is 1. The van der Waals surface area contributed by atoms with Gasteiger partial charge in [-0.05, 0) is 55.2 Å². The van der Waals surface area contributed by atoms with Crippen molar-refractivity contribution in [3.63, 3.8) is 0 Å². The fraction of sp³-hybridized carbons (Fsp3) is 0.273. The molecule has 2 aromatic heterocycles. The summed E-state index contributed by atoms with van der Waals surface area (Å²) in [5.74, 6) is 0.725. The summed E-state index contributed by atoms with van der Waals surface area (Å²) in [7, 11) is 2.03. The first-order valence-electron chi connectivity index (χ1n) is 9.34. The lowest BCUT2D eigenvalue weighted by molar-refractivity contribution is -0.117. The monoisotopic (exact) mass is 428 g/mol. The summed E-state index contributed by atoms with van der Waals surface area (Å²) >= 11 is 1.69. The lowest BCUT2D eigenvalue weighted by Crippen LogP contribution is -2.36. The Morgan fingerprint density at radius 1 is 1.24 bits per heavy atom. The van der Waals surface area contributed by atoms with Crippen molar-refractivity contribution < 1.29 is 4.79 Å². The maximum atomic E-state index is 12.4. The predicted molar refractivity (Wildman–Crippen MR) is 127 cm³/mol. The fourth-order valence-electron chi connectivity index (χ4n) is 3.76. The number of para-hydroxylation sites is 1. The van der Waals surface area contributed by atoms with E-state index < -0.39 is 6.04 Å². The number of nitrogens with one attached hydrogen (secondary N) is 1. The molecule has 0 fully saturated rings. The van der Waals surface area contributed by atoms with Crippen molar-refractivity contribution in [2.24, 2.45) is 12.8 Å². The van der Waals surface area contributed by atoms with E-state index in [1.807, 2.05) is 49.7 Å². The van der Waals surface area contributed by atoms with Gasteiger partial charge < -0.3 is 15.6 Å². The Kier molecular flexibility index (Phi) is 6.36. The van der Waals surface area contributed by atoms with E-state index in [2.05, 4.69) is 22.9 Å². The second kappa shape index (κ2) is 8.61. The molecule has 0 aliphatic carbocycles. The Labute approximate surface area is 180 Å². The number of fused-ring (bicyclic) bond motifs is 4. The third kappa shape index (κ3) is 3.80. The molecule has 29 heavy (non-hydrogen) atoms. The number of hydrogen-bond acceptors (Lipinski definition) is 4. The summed E-state index contributed by atoms with van der Waals surface area (Å²) < 4.78 is 2.11. The number of amides is 1. The van der Waals surface area contributed by atoms with Gasteiger partial charge in [-0.3, -0.25) is 4.79 Å². The molecule has 3 N–H and O–H groups in total.